The van der Waals surface area contributed by atoms with E-state index >= 15 is 0 Å². The molecule has 0 heterocycles. The number of fused-ring (bicyclic) bond motifs is 10. The predicted molar refractivity (Wildman–Crippen MR) is 267 cm³/mol. The van der Waals surface area contributed by atoms with Crippen molar-refractivity contribution in [3.8, 4) is 0 Å². The van der Waals surface area contributed by atoms with E-state index in [1.165, 1.54) is 103 Å². The van der Waals surface area contributed by atoms with Crippen LogP contribution in [-0.4, -0.2) is 50.4 Å². The Balaban J connectivity index is 0.749. The summed E-state index contributed by atoms with van der Waals surface area (Å²) in [6, 6.07) is 0. The van der Waals surface area contributed by atoms with E-state index in [1.807, 2.05) is 0 Å². The van der Waals surface area contributed by atoms with Crippen LogP contribution in [0.1, 0.15) is 210 Å². The molecule has 0 saturated heterocycles. The molecular weight excluding hydrogens is 919 g/mol. The summed E-state index contributed by atoms with van der Waals surface area (Å²) < 4.78 is 12.4. The Kier molecular flexibility index (Phi) is 15.9. The molecular formula is C58H94O4Se2. The second-order valence-electron chi connectivity index (χ2n) is 25.8. The van der Waals surface area contributed by atoms with Crippen molar-refractivity contribution in [3.05, 3.63) is 23.3 Å². The Morgan fingerprint density at radius 2 is 0.953 bits per heavy atom. The van der Waals surface area contributed by atoms with E-state index in [0.717, 1.165) is 110 Å². The number of hydrogen-bond donors (Lipinski definition) is 0. The normalized spacial score (nSPS) is 42.2. The number of ether oxygens (including phenoxy) is 2. The summed E-state index contributed by atoms with van der Waals surface area (Å²) in [6.45, 7) is 25.2. The average Bonchev–Trinajstić information content (AvgIpc) is 3.79. The third kappa shape index (κ3) is 9.92. The van der Waals surface area contributed by atoms with Gasteiger partial charge in [-0.3, -0.25) is 0 Å². The van der Waals surface area contributed by atoms with E-state index < -0.39 is 0 Å². The molecule has 8 aliphatic carbocycles. The van der Waals surface area contributed by atoms with E-state index in [1.54, 1.807) is 11.1 Å². The second-order valence-corrected chi connectivity index (χ2v) is 33.2. The van der Waals surface area contributed by atoms with Gasteiger partial charge in [-0.05, 0) is 23.7 Å². The van der Waals surface area contributed by atoms with Crippen LogP contribution in [0.2, 0.25) is 10.6 Å². The molecule has 0 aromatic heterocycles. The van der Waals surface area contributed by atoms with Crippen LogP contribution in [0.3, 0.4) is 0 Å². The van der Waals surface area contributed by atoms with Crippen molar-refractivity contribution in [1.82, 2.24) is 0 Å². The molecule has 0 unspecified atom stereocenters. The molecule has 0 N–H and O–H groups in total. The SMILES string of the molecule is CC(C)CCC[C@@H](C)[C@H]1CC[C@H]2[C@@H]3CC=C4C[C@@H](OC(=O)C[Se][Se]CC(=O)O[C@H]5CC[C@@]6(C)C(=CC[C@H]7[C@@H]8CC[C@H]([C@H](C)CCCC(C)C)[C@@]8(C)CC[C@@H]76)C5)CC[C@]4(C)[C@H]3CC[C@]12C. The molecule has 362 valence electrons. The van der Waals surface area contributed by atoms with E-state index in [0.29, 0.717) is 21.5 Å². The summed E-state index contributed by atoms with van der Waals surface area (Å²) >= 11 is 0.242. The molecule has 0 radical (unpaired) electrons. The number of carbonyl (C=O) groups is 2. The number of hydrogen-bond acceptors (Lipinski definition) is 4. The summed E-state index contributed by atoms with van der Waals surface area (Å²) in [6.07, 6.45) is 33.7. The van der Waals surface area contributed by atoms with Gasteiger partial charge in [-0.2, -0.15) is 0 Å². The van der Waals surface area contributed by atoms with Gasteiger partial charge in [0.05, 0.1) is 0 Å². The van der Waals surface area contributed by atoms with Gasteiger partial charge in [0.2, 0.25) is 0 Å². The third-order valence-corrected chi connectivity index (χ3v) is 27.8. The fourth-order valence-corrected chi connectivity index (χ4v) is 23.1. The summed E-state index contributed by atoms with van der Waals surface area (Å²) in [7, 11) is 0. The van der Waals surface area contributed by atoms with Crippen molar-refractivity contribution in [1.29, 1.82) is 0 Å². The molecule has 8 aliphatic rings. The van der Waals surface area contributed by atoms with Gasteiger partial charge in [0, 0.05) is 0 Å². The Morgan fingerprint density at radius 1 is 0.547 bits per heavy atom. The van der Waals surface area contributed by atoms with Gasteiger partial charge in [-0.1, -0.05) is 80.1 Å². The average molecular weight is 1010 g/mol. The quantitative estimate of drug-likeness (QED) is 0.0631. The first-order chi connectivity index (χ1) is 30.5. The number of allylic oxidation sites excluding steroid dienone is 2. The summed E-state index contributed by atoms with van der Waals surface area (Å²) in [5.74, 6) is 10.1. The van der Waals surface area contributed by atoms with Crippen LogP contribution in [-0.2, 0) is 19.1 Å². The van der Waals surface area contributed by atoms with Crippen molar-refractivity contribution in [2.24, 2.45) is 92.7 Å². The number of carbonyl (C=O) groups excluding carboxylic acids is 2. The maximum absolute atomic E-state index is 13.2. The van der Waals surface area contributed by atoms with Crippen LogP contribution in [0, 0.1) is 92.7 Å². The zero-order valence-corrected chi connectivity index (χ0v) is 46.1. The first kappa shape index (κ1) is 49.9. The first-order valence-electron chi connectivity index (χ1n) is 27.5. The zero-order chi connectivity index (χ0) is 45.6. The molecule has 0 aliphatic heterocycles. The van der Waals surface area contributed by atoms with Crippen molar-refractivity contribution < 1.29 is 19.1 Å². The molecule has 0 bridgehead atoms. The van der Waals surface area contributed by atoms with Crippen molar-refractivity contribution in [2.45, 2.75) is 233 Å². The monoisotopic (exact) mass is 1010 g/mol. The molecule has 6 heteroatoms. The Bertz CT molecular complexity index is 1580. The van der Waals surface area contributed by atoms with E-state index in [-0.39, 0.29) is 61.2 Å². The third-order valence-electron chi connectivity index (χ3n) is 21.6. The van der Waals surface area contributed by atoms with Crippen LogP contribution in [0.5, 0.6) is 0 Å². The van der Waals surface area contributed by atoms with Gasteiger partial charge < -0.3 is 0 Å². The first-order valence-corrected chi connectivity index (χ1v) is 34.2. The Hall–Kier alpha value is -0.541. The molecule has 0 amide bonds. The second kappa shape index (κ2) is 20.4. The summed E-state index contributed by atoms with van der Waals surface area (Å²) in [4.78, 5) is 26.4. The standard InChI is InChI=1S/C58H94O4Se2/c1-37(2)13-11-15-39(5)47-21-23-49-45-19-17-41-33-43(25-29-55(41,7)51(45)27-31-57(47,49)9)61-53(59)35-63-64-36-54(60)62-44-26-30-56(8)42(34-44)18-20-46-50-24-22-48(40(6)16-12-14-38(3)4)58(50,10)32-28-52(46)56/h17-18,37-40,43-52H,11-16,19-36H2,1-10H3/t39-,40-,43+,44+,45+,46+,47-,48-,49+,50+,51+,52+,55+,56+,57-,58-/m1/s1. The minimum atomic E-state index is -0.0347. The molecule has 0 aromatic carbocycles. The van der Waals surface area contributed by atoms with Gasteiger partial charge in [0.25, 0.3) is 0 Å². The van der Waals surface area contributed by atoms with Crippen molar-refractivity contribution in [2.75, 3.05) is 0 Å². The minimum absolute atomic E-state index is 0.0238. The van der Waals surface area contributed by atoms with Crippen LogP contribution in [0.4, 0.5) is 0 Å². The Morgan fingerprint density at radius 3 is 1.34 bits per heavy atom. The topological polar surface area (TPSA) is 52.6 Å². The molecule has 64 heavy (non-hydrogen) atoms. The summed E-state index contributed by atoms with van der Waals surface area (Å²) in [5.41, 5.74) is 4.79. The van der Waals surface area contributed by atoms with E-state index in [9.17, 15) is 9.59 Å². The van der Waals surface area contributed by atoms with Crippen LogP contribution < -0.4 is 0 Å². The van der Waals surface area contributed by atoms with Gasteiger partial charge >= 0.3 is 303 Å². The van der Waals surface area contributed by atoms with E-state index in [4.69, 9.17) is 9.47 Å². The predicted octanol–water partition coefficient (Wildman–Crippen LogP) is 15.1. The van der Waals surface area contributed by atoms with Gasteiger partial charge in [0.15, 0.2) is 0 Å². The Labute approximate surface area is 404 Å². The molecule has 8 rings (SSSR count). The van der Waals surface area contributed by atoms with Crippen LogP contribution in [0.25, 0.3) is 0 Å². The van der Waals surface area contributed by atoms with Crippen LogP contribution in [0.15, 0.2) is 23.3 Å². The molecule has 0 aromatic rings. The van der Waals surface area contributed by atoms with Crippen LogP contribution >= 0.6 is 0 Å². The molecule has 0 spiro atoms. The summed E-state index contributed by atoms with van der Waals surface area (Å²) in [5, 5.41) is 0.981. The number of rotatable bonds is 17. The van der Waals surface area contributed by atoms with Gasteiger partial charge in [-0.25, -0.2) is 0 Å². The molecule has 6 fully saturated rings. The fraction of sp³-hybridized carbons (Fsp3) is 0.897. The fourth-order valence-electron chi connectivity index (χ4n) is 18.1. The van der Waals surface area contributed by atoms with E-state index in [2.05, 4.69) is 81.4 Å². The van der Waals surface area contributed by atoms with Gasteiger partial charge in [0.1, 0.15) is 0 Å². The van der Waals surface area contributed by atoms with Crippen molar-refractivity contribution >= 4 is 38.2 Å². The maximum atomic E-state index is 13.2. The zero-order valence-electron chi connectivity index (χ0n) is 42.7. The molecule has 4 nitrogen and oxygen atoms in total. The van der Waals surface area contributed by atoms with Crippen molar-refractivity contribution in [3.63, 3.8) is 0 Å². The molecule has 16 atom stereocenters. The van der Waals surface area contributed by atoms with Gasteiger partial charge in [-0.15, -0.1) is 0 Å². The number of esters is 2. The molecule has 6 saturated carbocycles.